The molecule has 2 rings (SSSR count). The fourth-order valence-electron chi connectivity index (χ4n) is 2.14. The molecule has 1 saturated carbocycles. The summed E-state index contributed by atoms with van der Waals surface area (Å²) in [7, 11) is 0. The predicted molar refractivity (Wildman–Crippen MR) is 61.2 cm³/mol. The number of amides is 1. The van der Waals surface area contributed by atoms with Crippen LogP contribution in [0.25, 0.3) is 0 Å². The van der Waals surface area contributed by atoms with Gasteiger partial charge in [-0.1, -0.05) is 0 Å². The minimum atomic E-state index is -0.0465. The SMILES string of the molecule is Cc1cc(C(=O)NCC2CC(N)C2)c(C)o1. The molecular weight excluding hydrogens is 204 g/mol. The summed E-state index contributed by atoms with van der Waals surface area (Å²) in [6.07, 6.45) is 2.04. The van der Waals surface area contributed by atoms with E-state index in [1.54, 1.807) is 13.0 Å². The standard InChI is InChI=1S/C12H18N2O2/c1-7-3-11(8(2)16-7)12(15)14-6-9-4-10(13)5-9/h3,9-10H,4-6,13H2,1-2H3,(H,14,15). The quantitative estimate of drug-likeness (QED) is 0.811. The van der Waals surface area contributed by atoms with Gasteiger partial charge in [0.15, 0.2) is 0 Å². The lowest BCUT2D eigenvalue weighted by Gasteiger charge is -2.32. The van der Waals surface area contributed by atoms with Crippen LogP contribution in [0.1, 0.15) is 34.7 Å². The van der Waals surface area contributed by atoms with E-state index in [9.17, 15) is 4.79 Å². The third-order valence-electron chi connectivity index (χ3n) is 3.11. The highest BCUT2D eigenvalue weighted by atomic mass is 16.3. The van der Waals surface area contributed by atoms with Crippen molar-refractivity contribution >= 4 is 5.91 Å². The van der Waals surface area contributed by atoms with Crippen molar-refractivity contribution in [2.24, 2.45) is 11.7 Å². The van der Waals surface area contributed by atoms with Crippen molar-refractivity contribution in [1.29, 1.82) is 0 Å². The van der Waals surface area contributed by atoms with Crippen LogP contribution in [-0.4, -0.2) is 18.5 Å². The maximum atomic E-state index is 11.8. The Morgan fingerprint density at radius 1 is 1.56 bits per heavy atom. The van der Waals surface area contributed by atoms with E-state index in [0.717, 1.165) is 25.1 Å². The van der Waals surface area contributed by atoms with E-state index in [4.69, 9.17) is 10.2 Å². The van der Waals surface area contributed by atoms with Crippen molar-refractivity contribution in [3.8, 4) is 0 Å². The second kappa shape index (κ2) is 4.29. The summed E-state index contributed by atoms with van der Waals surface area (Å²) in [5.74, 6) is 1.95. The normalized spacial score (nSPS) is 23.9. The highest BCUT2D eigenvalue weighted by Gasteiger charge is 2.26. The third-order valence-corrected chi connectivity index (χ3v) is 3.11. The molecule has 0 unspecified atom stereocenters. The molecule has 0 aliphatic heterocycles. The van der Waals surface area contributed by atoms with Gasteiger partial charge < -0.3 is 15.5 Å². The van der Waals surface area contributed by atoms with Crippen LogP contribution in [-0.2, 0) is 0 Å². The van der Waals surface area contributed by atoms with E-state index in [1.807, 2.05) is 6.92 Å². The fraction of sp³-hybridized carbons (Fsp3) is 0.583. The number of carbonyl (C=O) groups is 1. The smallest absolute Gasteiger partial charge is 0.254 e. The molecule has 16 heavy (non-hydrogen) atoms. The van der Waals surface area contributed by atoms with E-state index in [2.05, 4.69) is 5.32 Å². The molecule has 0 radical (unpaired) electrons. The van der Waals surface area contributed by atoms with Crippen LogP contribution < -0.4 is 11.1 Å². The molecule has 1 heterocycles. The van der Waals surface area contributed by atoms with Crippen LogP contribution in [0.3, 0.4) is 0 Å². The lowest BCUT2D eigenvalue weighted by Crippen LogP contribution is -2.42. The second-order valence-electron chi connectivity index (χ2n) is 4.63. The number of carbonyl (C=O) groups excluding carboxylic acids is 1. The molecule has 3 N–H and O–H groups in total. The third kappa shape index (κ3) is 2.27. The van der Waals surface area contributed by atoms with E-state index in [-0.39, 0.29) is 5.91 Å². The van der Waals surface area contributed by atoms with Crippen LogP contribution >= 0.6 is 0 Å². The summed E-state index contributed by atoms with van der Waals surface area (Å²) in [5, 5.41) is 2.92. The molecule has 1 aliphatic rings. The van der Waals surface area contributed by atoms with Crippen molar-refractivity contribution < 1.29 is 9.21 Å². The number of hydrogen-bond donors (Lipinski definition) is 2. The summed E-state index contributed by atoms with van der Waals surface area (Å²) in [5.41, 5.74) is 6.33. The number of furan rings is 1. The topological polar surface area (TPSA) is 68.3 Å². The molecule has 1 aromatic rings. The molecule has 4 nitrogen and oxygen atoms in total. The van der Waals surface area contributed by atoms with Crippen LogP contribution in [0.4, 0.5) is 0 Å². The second-order valence-corrected chi connectivity index (χ2v) is 4.63. The van der Waals surface area contributed by atoms with Gasteiger partial charge in [-0.15, -0.1) is 0 Å². The maximum Gasteiger partial charge on any atom is 0.254 e. The van der Waals surface area contributed by atoms with Crippen LogP contribution in [0.2, 0.25) is 0 Å². The van der Waals surface area contributed by atoms with Gasteiger partial charge in [0.2, 0.25) is 0 Å². The maximum absolute atomic E-state index is 11.8. The lowest BCUT2D eigenvalue weighted by atomic mass is 9.81. The minimum Gasteiger partial charge on any atom is -0.466 e. The molecule has 1 fully saturated rings. The Morgan fingerprint density at radius 2 is 2.25 bits per heavy atom. The first kappa shape index (κ1) is 11.2. The zero-order valence-corrected chi connectivity index (χ0v) is 9.75. The monoisotopic (exact) mass is 222 g/mol. The van der Waals surface area contributed by atoms with Crippen molar-refractivity contribution in [3.63, 3.8) is 0 Å². The Morgan fingerprint density at radius 3 is 2.75 bits per heavy atom. The van der Waals surface area contributed by atoms with Crippen molar-refractivity contribution in [3.05, 3.63) is 23.2 Å². The first-order chi connectivity index (χ1) is 7.56. The molecule has 0 aromatic carbocycles. The highest BCUT2D eigenvalue weighted by molar-refractivity contribution is 5.95. The van der Waals surface area contributed by atoms with E-state index in [0.29, 0.717) is 23.3 Å². The zero-order chi connectivity index (χ0) is 11.7. The summed E-state index contributed by atoms with van der Waals surface area (Å²) in [4.78, 5) is 11.8. The Labute approximate surface area is 95.2 Å². The van der Waals surface area contributed by atoms with Crippen LogP contribution in [0.15, 0.2) is 10.5 Å². The largest absolute Gasteiger partial charge is 0.466 e. The first-order valence-electron chi connectivity index (χ1n) is 5.67. The summed E-state index contributed by atoms with van der Waals surface area (Å²) >= 11 is 0. The van der Waals surface area contributed by atoms with Gasteiger partial charge in [-0.05, 0) is 38.7 Å². The van der Waals surface area contributed by atoms with Gasteiger partial charge in [-0.3, -0.25) is 4.79 Å². The summed E-state index contributed by atoms with van der Waals surface area (Å²) < 4.78 is 5.32. The molecular formula is C12H18N2O2. The van der Waals surface area contributed by atoms with Crippen LogP contribution in [0.5, 0.6) is 0 Å². The average Bonchev–Trinajstić information content (AvgIpc) is 2.50. The van der Waals surface area contributed by atoms with E-state index in [1.165, 1.54) is 0 Å². The number of rotatable bonds is 3. The summed E-state index contributed by atoms with van der Waals surface area (Å²) in [6, 6.07) is 2.11. The fourth-order valence-corrected chi connectivity index (χ4v) is 2.14. The highest BCUT2D eigenvalue weighted by Crippen LogP contribution is 2.24. The molecule has 1 amide bonds. The molecule has 0 saturated heterocycles. The molecule has 88 valence electrons. The summed E-state index contributed by atoms with van der Waals surface area (Å²) in [6.45, 7) is 4.37. The van der Waals surface area contributed by atoms with Crippen molar-refractivity contribution in [2.75, 3.05) is 6.54 Å². The average molecular weight is 222 g/mol. The lowest BCUT2D eigenvalue weighted by molar-refractivity contribution is 0.0934. The Balaban J connectivity index is 1.86. The molecule has 1 aliphatic carbocycles. The molecule has 0 bridgehead atoms. The van der Waals surface area contributed by atoms with Crippen molar-refractivity contribution in [1.82, 2.24) is 5.32 Å². The molecule has 0 atom stereocenters. The van der Waals surface area contributed by atoms with E-state index >= 15 is 0 Å². The number of hydrogen-bond acceptors (Lipinski definition) is 3. The molecule has 1 aromatic heterocycles. The number of nitrogens with two attached hydrogens (primary N) is 1. The Hall–Kier alpha value is -1.29. The molecule has 0 spiro atoms. The number of aryl methyl sites for hydroxylation is 2. The molecule has 4 heteroatoms. The van der Waals surface area contributed by atoms with Crippen molar-refractivity contribution in [2.45, 2.75) is 32.7 Å². The number of nitrogens with one attached hydrogen (secondary N) is 1. The van der Waals surface area contributed by atoms with Gasteiger partial charge in [0.25, 0.3) is 5.91 Å². The van der Waals surface area contributed by atoms with Gasteiger partial charge in [-0.2, -0.15) is 0 Å². The van der Waals surface area contributed by atoms with Gasteiger partial charge in [-0.25, -0.2) is 0 Å². The zero-order valence-electron chi connectivity index (χ0n) is 9.75. The Bertz CT molecular complexity index is 392. The first-order valence-corrected chi connectivity index (χ1v) is 5.67. The van der Waals surface area contributed by atoms with Gasteiger partial charge in [0, 0.05) is 12.6 Å². The minimum absolute atomic E-state index is 0.0465. The van der Waals surface area contributed by atoms with Gasteiger partial charge >= 0.3 is 0 Å². The van der Waals surface area contributed by atoms with E-state index < -0.39 is 0 Å². The Kier molecular flexibility index (Phi) is 3.01. The predicted octanol–water partition coefficient (Wildman–Crippen LogP) is 1.36. The van der Waals surface area contributed by atoms with Gasteiger partial charge in [0.1, 0.15) is 11.5 Å². The van der Waals surface area contributed by atoms with Crippen LogP contribution in [0, 0.1) is 19.8 Å². The van der Waals surface area contributed by atoms with Gasteiger partial charge in [0.05, 0.1) is 5.56 Å².